The van der Waals surface area contributed by atoms with Gasteiger partial charge in [-0.3, -0.25) is 0 Å². The lowest BCUT2D eigenvalue weighted by atomic mass is 9.76. The normalized spacial score (nSPS) is 32.5. The highest BCUT2D eigenvalue weighted by Gasteiger charge is 2.32. The lowest BCUT2D eigenvalue weighted by Crippen LogP contribution is -2.54. The smallest absolute Gasteiger partial charge is 0.0306 e. The van der Waals surface area contributed by atoms with Gasteiger partial charge in [-0.1, -0.05) is 19.8 Å². The minimum absolute atomic E-state index is 0.175. The average molecular weight is 194 g/mol. The van der Waals surface area contributed by atoms with E-state index in [-0.39, 0.29) is 5.54 Å². The van der Waals surface area contributed by atoms with E-state index in [1.54, 1.807) is 0 Å². The lowest BCUT2D eigenvalue weighted by Gasteiger charge is -2.40. The quantitative estimate of drug-likeness (QED) is 0.526. The van der Waals surface area contributed by atoms with E-state index in [1.807, 2.05) is 0 Å². The van der Waals surface area contributed by atoms with Gasteiger partial charge in [0, 0.05) is 25.0 Å². The fraction of sp³-hybridized carbons (Fsp3) is 0.833. The topological polar surface area (TPSA) is 38.0 Å². The number of terminal acetylenes is 1. The fourth-order valence-corrected chi connectivity index (χ4v) is 2.48. The van der Waals surface area contributed by atoms with Crippen molar-refractivity contribution in [2.75, 3.05) is 13.1 Å². The highest BCUT2D eigenvalue weighted by Crippen LogP contribution is 2.31. The number of nitrogens with two attached hydrogens (primary N) is 1. The molecule has 0 aromatic carbocycles. The molecular weight excluding hydrogens is 172 g/mol. The third-order valence-electron chi connectivity index (χ3n) is 3.25. The van der Waals surface area contributed by atoms with Crippen LogP contribution in [0.5, 0.6) is 0 Å². The van der Waals surface area contributed by atoms with Crippen LogP contribution < -0.4 is 11.1 Å². The van der Waals surface area contributed by atoms with Crippen LogP contribution in [0.25, 0.3) is 0 Å². The van der Waals surface area contributed by atoms with Crippen LogP contribution in [0.1, 0.15) is 39.0 Å². The Kier molecular flexibility index (Phi) is 4.44. The molecule has 0 bridgehead atoms. The molecule has 0 heterocycles. The molecular formula is C12H22N2. The van der Waals surface area contributed by atoms with Crippen molar-refractivity contribution in [3.8, 4) is 12.3 Å². The second-order valence-electron chi connectivity index (χ2n) is 4.57. The van der Waals surface area contributed by atoms with Gasteiger partial charge in [0.05, 0.1) is 0 Å². The Morgan fingerprint density at radius 2 is 2.43 bits per heavy atom. The van der Waals surface area contributed by atoms with Gasteiger partial charge in [0.2, 0.25) is 0 Å². The monoisotopic (exact) mass is 194 g/mol. The standard InChI is InChI=1S/C12H22N2/c1-3-4-8-14-12(10-13)7-5-6-11(2)9-12/h1,11,14H,4-10,13H2,2H3. The summed E-state index contributed by atoms with van der Waals surface area (Å²) in [7, 11) is 0. The molecule has 1 fully saturated rings. The lowest BCUT2D eigenvalue weighted by molar-refractivity contribution is 0.195. The van der Waals surface area contributed by atoms with Crippen molar-refractivity contribution in [3.05, 3.63) is 0 Å². The number of hydrogen-bond acceptors (Lipinski definition) is 2. The van der Waals surface area contributed by atoms with Crippen LogP contribution >= 0.6 is 0 Å². The predicted molar refractivity (Wildman–Crippen MR) is 60.9 cm³/mol. The molecule has 14 heavy (non-hydrogen) atoms. The maximum Gasteiger partial charge on any atom is 0.0306 e. The van der Waals surface area contributed by atoms with Gasteiger partial charge in [-0.25, -0.2) is 0 Å². The molecule has 0 amide bonds. The van der Waals surface area contributed by atoms with Gasteiger partial charge in [-0.05, 0) is 18.8 Å². The van der Waals surface area contributed by atoms with E-state index in [0.29, 0.717) is 0 Å². The Labute approximate surface area is 87.6 Å². The van der Waals surface area contributed by atoms with Crippen molar-refractivity contribution in [2.45, 2.75) is 44.6 Å². The van der Waals surface area contributed by atoms with E-state index in [2.05, 4.69) is 18.2 Å². The second kappa shape index (κ2) is 5.38. The van der Waals surface area contributed by atoms with Crippen molar-refractivity contribution in [3.63, 3.8) is 0 Å². The highest BCUT2D eigenvalue weighted by atomic mass is 15.0. The van der Waals surface area contributed by atoms with Crippen LogP contribution in [0.2, 0.25) is 0 Å². The van der Waals surface area contributed by atoms with Crippen LogP contribution in [0.3, 0.4) is 0 Å². The van der Waals surface area contributed by atoms with E-state index in [1.165, 1.54) is 25.7 Å². The second-order valence-corrected chi connectivity index (χ2v) is 4.57. The zero-order chi connectivity index (χ0) is 10.4. The molecule has 80 valence electrons. The Bertz CT molecular complexity index is 207. The maximum atomic E-state index is 5.87. The molecule has 0 aliphatic heterocycles. The molecule has 1 saturated carbocycles. The first kappa shape index (κ1) is 11.6. The first-order valence-corrected chi connectivity index (χ1v) is 5.61. The van der Waals surface area contributed by atoms with E-state index >= 15 is 0 Å². The molecule has 2 atom stereocenters. The Morgan fingerprint density at radius 3 is 3.00 bits per heavy atom. The van der Waals surface area contributed by atoms with Crippen LogP contribution in [-0.4, -0.2) is 18.6 Å². The third kappa shape index (κ3) is 3.01. The van der Waals surface area contributed by atoms with Gasteiger partial charge >= 0.3 is 0 Å². The van der Waals surface area contributed by atoms with Gasteiger partial charge in [-0.2, -0.15) is 0 Å². The van der Waals surface area contributed by atoms with Crippen molar-refractivity contribution in [2.24, 2.45) is 11.7 Å². The van der Waals surface area contributed by atoms with E-state index in [4.69, 9.17) is 12.2 Å². The summed E-state index contributed by atoms with van der Waals surface area (Å²) in [6.07, 6.45) is 11.1. The summed E-state index contributed by atoms with van der Waals surface area (Å²) in [5.41, 5.74) is 6.04. The predicted octanol–water partition coefficient (Wildman–Crippen LogP) is 1.51. The van der Waals surface area contributed by atoms with Gasteiger partial charge in [0.15, 0.2) is 0 Å². The summed E-state index contributed by atoms with van der Waals surface area (Å²) in [4.78, 5) is 0. The summed E-state index contributed by atoms with van der Waals surface area (Å²) in [5.74, 6) is 3.45. The molecule has 2 nitrogen and oxygen atoms in total. The van der Waals surface area contributed by atoms with E-state index < -0.39 is 0 Å². The number of nitrogens with one attached hydrogen (secondary N) is 1. The molecule has 1 aliphatic rings. The molecule has 1 aliphatic carbocycles. The molecule has 2 unspecified atom stereocenters. The van der Waals surface area contributed by atoms with Gasteiger partial charge in [0.1, 0.15) is 0 Å². The Hall–Kier alpha value is -0.520. The maximum absolute atomic E-state index is 5.87. The third-order valence-corrected chi connectivity index (χ3v) is 3.25. The van der Waals surface area contributed by atoms with Crippen LogP contribution in [0, 0.1) is 18.3 Å². The average Bonchev–Trinajstić information content (AvgIpc) is 2.18. The zero-order valence-electron chi connectivity index (χ0n) is 9.18. The fourth-order valence-electron chi connectivity index (χ4n) is 2.48. The first-order chi connectivity index (χ1) is 6.72. The molecule has 0 spiro atoms. The highest BCUT2D eigenvalue weighted by molar-refractivity contribution is 4.95. The zero-order valence-corrected chi connectivity index (χ0v) is 9.18. The van der Waals surface area contributed by atoms with Crippen LogP contribution in [0.15, 0.2) is 0 Å². The largest absolute Gasteiger partial charge is 0.329 e. The first-order valence-electron chi connectivity index (χ1n) is 5.61. The number of hydrogen-bond donors (Lipinski definition) is 2. The SMILES string of the molecule is C#CCCNC1(CN)CCCC(C)C1. The van der Waals surface area contributed by atoms with Gasteiger partial charge in [-0.15, -0.1) is 12.3 Å². The summed E-state index contributed by atoms with van der Waals surface area (Å²) >= 11 is 0. The van der Waals surface area contributed by atoms with Crippen molar-refractivity contribution < 1.29 is 0 Å². The van der Waals surface area contributed by atoms with Gasteiger partial charge in [0.25, 0.3) is 0 Å². The number of rotatable bonds is 4. The van der Waals surface area contributed by atoms with Gasteiger partial charge < -0.3 is 11.1 Å². The summed E-state index contributed by atoms with van der Waals surface area (Å²) in [5, 5.41) is 3.55. The van der Waals surface area contributed by atoms with E-state index in [0.717, 1.165) is 25.4 Å². The summed E-state index contributed by atoms with van der Waals surface area (Å²) in [6.45, 7) is 3.95. The minimum atomic E-state index is 0.175. The van der Waals surface area contributed by atoms with Crippen molar-refractivity contribution in [1.29, 1.82) is 0 Å². The molecule has 3 N–H and O–H groups in total. The van der Waals surface area contributed by atoms with Crippen LogP contribution in [0.4, 0.5) is 0 Å². The van der Waals surface area contributed by atoms with E-state index in [9.17, 15) is 0 Å². The molecule has 1 rings (SSSR count). The minimum Gasteiger partial charge on any atom is -0.329 e. The molecule has 0 aromatic heterocycles. The summed E-state index contributed by atoms with van der Waals surface area (Å²) < 4.78 is 0. The van der Waals surface area contributed by atoms with Crippen molar-refractivity contribution >= 4 is 0 Å². The summed E-state index contributed by atoms with van der Waals surface area (Å²) in [6, 6.07) is 0. The molecule has 0 saturated heterocycles. The van der Waals surface area contributed by atoms with Crippen LogP contribution in [-0.2, 0) is 0 Å². The Balaban J connectivity index is 2.44. The van der Waals surface area contributed by atoms with Crippen molar-refractivity contribution in [1.82, 2.24) is 5.32 Å². The molecule has 2 heteroatoms. The molecule has 0 aromatic rings. The molecule has 0 radical (unpaired) electrons. The Morgan fingerprint density at radius 1 is 1.64 bits per heavy atom.